The van der Waals surface area contributed by atoms with E-state index in [1.54, 1.807) is 6.07 Å². The fraction of sp³-hybridized carbons (Fsp3) is 0.250. The topological polar surface area (TPSA) is 22.2 Å². The lowest BCUT2D eigenvalue weighted by Gasteiger charge is -2.03. The number of hydrogen-bond donors (Lipinski definition) is 0. The van der Waals surface area contributed by atoms with E-state index in [2.05, 4.69) is 38.3 Å². The summed E-state index contributed by atoms with van der Waals surface area (Å²) in [5.41, 5.74) is 6.62. The fourth-order valence-electron chi connectivity index (χ4n) is 3.91. The fourth-order valence-corrected chi connectivity index (χ4v) is 4.31. The molecular weight excluding hydrogens is 353 g/mol. The van der Waals surface area contributed by atoms with E-state index in [4.69, 9.17) is 28.3 Å². The molecule has 0 fully saturated rings. The Morgan fingerprint density at radius 1 is 1.00 bits per heavy atom. The van der Waals surface area contributed by atoms with Gasteiger partial charge in [-0.25, -0.2) is 4.52 Å². The lowest BCUT2D eigenvalue weighted by Crippen LogP contribution is -1.98. The van der Waals surface area contributed by atoms with Crippen molar-refractivity contribution in [2.75, 3.05) is 0 Å². The summed E-state index contributed by atoms with van der Waals surface area (Å²) in [5.74, 6) is 0. The predicted molar refractivity (Wildman–Crippen MR) is 106 cm³/mol. The monoisotopic (exact) mass is 371 g/mol. The van der Waals surface area contributed by atoms with Gasteiger partial charge >= 0.3 is 0 Å². The van der Waals surface area contributed by atoms with Gasteiger partial charge in [-0.15, -0.1) is 0 Å². The van der Waals surface area contributed by atoms with Crippen molar-refractivity contribution in [2.24, 2.45) is 0 Å². The van der Waals surface area contributed by atoms with E-state index in [1.807, 2.05) is 22.8 Å². The summed E-state index contributed by atoms with van der Waals surface area (Å²) in [6.45, 7) is 9.54. The van der Waals surface area contributed by atoms with Crippen LogP contribution in [-0.4, -0.2) is 14.2 Å². The van der Waals surface area contributed by atoms with Crippen molar-refractivity contribution < 1.29 is 0 Å². The molecule has 0 radical (unpaired) electrons. The van der Waals surface area contributed by atoms with Gasteiger partial charge in [-0.2, -0.15) is 5.10 Å². The average Bonchev–Trinajstić information content (AvgIpc) is 3.09. The minimum Gasteiger partial charge on any atom is -0.348 e. The minimum absolute atomic E-state index is 0.674. The molecule has 0 unspecified atom stereocenters. The first-order chi connectivity index (χ1) is 11.9. The number of halogens is 2. The van der Waals surface area contributed by atoms with Crippen LogP contribution in [0, 0.1) is 20.8 Å². The highest BCUT2D eigenvalue weighted by atomic mass is 35.5. The molecule has 0 spiro atoms. The zero-order valence-corrected chi connectivity index (χ0v) is 16.2. The first kappa shape index (κ1) is 16.5. The van der Waals surface area contributed by atoms with E-state index < -0.39 is 0 Å². The number of nitrogens with zero attached hydrogens (tertiary/aromatic N) is 3. The van der Waals surface area contributed by atoms with Gasteiger partial charge in [-0.3, -0.25) is 0 Å². The SMILES string of the molecule is CCn1c(C)c2c(C)nn3cc(-c4cc(Cl)ccc4Cl)cc3c2c1C. The van der Waals surface area contributed by atoms with Crippen molar-refractivity contribution >= 4 is 39.5 Å². The number of rotatable bonds is 2. The van der Waals surface area contributed by atoms with E-state index in [9.17, 15) is 0 Å². The Morgan fingerprint density at radius 2 is 1.72 bits per heavy atom. The Morgan fingerprint density at radius 3 is 2.44 bits per heavy atom. The van der Waals surface area contributed by atoms with E-state index in [0.717, 1.165) is 28.9 Å². The normalized spacial score (nSPS) is 11.8. The second-order valence-corrected chi connectivity index (χ2v) is 7.28. The van der Waals surface area contributed by atoms with Gasteiger partial charge in [0.05, 0.1) is 11.2 Å². The highest BCUT2D eigenvalue weighted by molar-refractivity contribution is 6.35. The largest absolute Gasteiger partial charge is 0.348 e. The molecule has 5 heteroatoms. The van der Waals surface area contributed by atoms with Crippen molar-refractivity contribution in [1.82, 2.24) is 14.2 Å². The third kappa shape index (κ3) is 2.37. The number of fused-ring (bicyclic) bond motifs is 3. The van der Waals surface area contributed by atoms with Crippen LogP contribution in [0.25, 0.3) is 27.4 Å². The second kappa shape index (κ2) is 5.79. The molecule has 128 valence electrons. The first-order valence-corrected chi connectivity index (χ1v) is 9.11. The van der Waals surface area contributed by atoms with Crippen LogP contribution < -0.4 is 0 Å². The van der Waals surface area contributed by atoms with Crippen LogP contribution in [0.4, 0.5) is 0 Å². The summed E-state index contributed by atoms with van der Waals surface area (Å²) in [5, 5.41) is 8.64. The van der Waals surface area contributed by atoms with Gasteiger partial charge < -0.3 is 4.57 Å². The van der Waals surface area contributed by atoms with Crippen LogP contribution in [-0.2, 0) is 6.54 Å². The van der Waals surface area contributed by atoms with E-state index in [0.29, 0.717) is 10.0 Å². The minimum atomic E-state index is 0.674. The molecule has 0 amide bonds. The smallest absolute Gasteiger partial charge is 0.0749 e. The predicted octanol–water partition coefficient (Wildman–Crippen LogP) is 6.21. The molecule has 0 aliphatic carbocycles. The summed E-state index contributed by atoms with van der Waals surface area (Å²) >= 11 is 12.6. The number of hydrogen-bond acceptors (Lipinski definition) is 1. The maximum absolute atomic E-state index is 6.40. The molecule has 0 saturated carbocycles. The number of benzene rings is 1. The van der Waals surface area contributed by atoms with Crippen molar-refractivity contribution in [3.63, 3.8) is 0 Å². The maximum Gasteiger partial charge on any atom is 0.0749 e. The van der Waals surface area contributed by atoms with Gasteiger partial charge in [0.15, 0.2) is 0 Å². The van der Waals surface area contributed by atoms with E-state index in [-0.39, 0.29) is 0 Å². The lowest BCUT2D eigenvalue weighted by molar-refractivity contribution is 0.723. The molecule has 0 atom stereocenters. The van der Waals surface area contributed by atoms with Gasteiger partial charge in [0, 0.05) is 56.1 Å². The Balaban J connectivity index is 2.10. The molecule has 0 N–H and O–H groups in total. The number of aromatic nitrogens is 3. The molecule has 0 bridgehead atoms. The van der Waals surface area contributed by atoms with Crippen LogP contribution in [0.3, 0.4) is 0 Å². The molecule has 4 aromatic rings. The van der Waals surface area contributed by atoms with E-state index >= 15 is 0 Å². The second-order valence-electron chi connectivity index (χ2n) is 6.43. The van der Waals surface area contributed by atoms with Gasteiger partial charge in [0.1, 0.15) is 0 Å². The van der Waals surface area contributed by atoms with Crippen LogP contribution in [0.2, 0.25) is 10.0 Å². The molecule has 3 heterocycles. The highest BCUT2D eigenvalue weighted by Crippen LogP contribution is 2.36. The van der Waals surface area contributed by atoms with Crippen molar-refractivity contribution in [2.45, 2.75) is 34.2 Å². The summed E-state index contributed by atoms with van der Waals surface area (Å²) in [6.07, 6.45) is 2.03. The van der Waals surface area contributed by atoms with Gasteiger partial charge in [-0.1, -0.05) is 23.2 Å². The van der Waals surface area contributed by atoms with Crippen molar-refractivity contribution in [3.8, 4) is 11.1 Å². The third-order valence-corrected chi connectivity index (χ3v) is 5.58. The standard InChI is InChI=1S/C20H19Cl2N3/c1-5-24-12(3)19-11(2)23-25-10-14(8-18(25)20(19)13(24)4)16-9-15(21)6-7-17(16)22/h6-10H,5H2,1-4H3. The molecule has 3 nitrogen and oxygen atoms in total. The maximum atomic E-state index is 6.40. The molecular formula is C20H19Cl2N3. The highest BCUT2D eigenvalue weighted by Gasteiger charge is 2.18. The average molecular weight is 372 g/mol. The van der Waals surface area contributed by atoms with Crippen LogP contribution in [0.15, 0.2) is 30.5 Å². The Kier molecular flexibility index (Phi) is 3.82. The summed E-state index contributed by atoms with van der Waals surface area (Å²) in [6, 6.07) is 7.69. The van der Waals surface area contributed by atoms with Crippen molar-refractivity contribution in [1.29, 1.82) is 0 Å². The Hall–Kier alpha value is -1.97. The van der Waals surface area contributed by atoms with Gasteiger partial charge in [0.25, 0.3) is 0 Å². The molecule has 25 heavy (non-hydrogen) atoms. The summed E-state index contributed by atoms with van der Waals surface area (Å²) < 4.78 is 4.30. The van der Waals surface area contributed by atoms with Gasteiger partial charge in [0.2, 0.25) is 0 Å². The molecule has 3 aromatic heterocycles. The van der Waals surface area contributed by atoms with Crippen molar-refractivity contribution in [3.05, 3.63) is 57.6 Å². The molecule has 0 aliphatic heterocycles. The Labute approximate surface area is 156 Å². The number of aryl methyl sites for hydroxylation is 3. The first-order valence-electron chi connectivity index (χ1n) is 8.36. The zero-order valence-electron chi connectivity index (χ0n) is 14.7. The summed E-state index contributed by atoms with van der Waals surface area (Å²) in [4.78, 5) is 0. The van der Waals surface area contributed by atoms with Crippen LogP contribution in [0.5, 0.6) is 0 Å². The van der Waals surface area contributed by atoms with Crippen LogP contribution >= 0.6 is 23.2 Å². The quantitative estimate of drug-likeness (QED) is 0.410. The summed E-state index contributed by atoms with van der Waals surface area (Å²) in [7, 11) is 0. The van der Waals surface area contributed by atoms with E-state index in [1.165, 1.54) is 22.2 Å². The zero-order chi connectivity index (χ0) is 17.9. The molecule has 4 rings (SSSR count). The molecule has 0 saturated heterocycles. The Bertz CT molecular complexity index is 1140. The molecule has 0 aliphatic rings. The molecule has 1 aromatic carbocycles. The third-order valence-electron chi connectivity index (χ3n) is 5.02. The lowest BCUT2D eigenvalue weighted by atomic mass is 10.1. The van der Waals surface area contributed by atoms with Crippen LogP contribution in [0.1, 0.15) is 24.0 Å². The van der Waals surface area contributed by atoms with Gasteiger partial charge in [-0.05, 0) is 52.0 Å².